The Balaban J connectivity index is 1.95. The van der Waals surface area contributed by atoms with Gasteiger partial charge in [0, 0.05) is 23.4 Å². The number of hydrogen-bond acceptors (Lipinski definition) is 4. The molecule has 0 unspecified atom stereocenters. The summed E-state index contributed by atoms with van der Waals surface area (Å²) >= 11 is 0. The van der Waals surface area contributed by atoms with Crippen LogP contribution in [0, 0.1) is 0 Å². The van der Waals surface area contributed by atoms with E-state index in [1.54, 1.807) is 0 Å². The molecule has 1 aromatic carbocycles. The van der Waals surface area contributed by atoms with Gasteiger partial charge in [-0.1, -0.05) is 0 Å². The Morgan fingerprint density at radius 1 is 1.60 bits per heavy atom. The standard InChI is InChI=1S/C14H18N4O2/c1-8(15)7-18-12-2-3-13-10(11(12)6-17-18)4-9(20-13)5-14(16)19/h2-3,6,8-9H,4-5,7,15H2,1H3,(H2,16,19)/t8-,9-/m0/s1. The summed E-state index contributed by atoms with van der Waals surface area (Å²) in [5.41, 5.74) is 13.2. The Morgan fingerprint density at radius 3 is 3.10 bits per heavy atom. The van der Waals surface area contributed by atoms with E-state index in [9.17, 15) is 4.79 Å². The molecule has 6 nitrogen and oxygen atoms in total. The lowest BCUT2D eigenvalue weighted by molar-refractivity contribution is -0.119. The highest BCUT2D eigenvalue weighted by molar-refractivity contribution is 5.85. The van der Waals surface area contributed by atoms with Crippen molar-refractivity contribution in [2.45, 2.75) is 38.5 Å². The first-order valence-electron chi connectivity index (χ1n) is 6.72. The van der Waals surface area contributed by atoms with E-state index in [1.165, 1.54) is 0 Å². The van der Waals surface area contributed by atoms with Gasteiger partial charge < -0.3 is 16.2 Å². The lowest BCUT2D eigenvalue weighted by atomic mass is 10.0. The van der Waals surface area contributed by atoms with Gasteiger partial charge >= 0.3 is 0 Å². The van der Waals surface area contributed by atoms with Gasteiger partial charge in [0.05, 0.1) is 24.7 Å². The molecule has 2 heterocycles. The molecular weight excluding hydrogens is 256 g/mol. The van der Waals surface area contributed by atoms with Crippen molar-refractivity contribution in [3.05, 3.63) is 23.9 Å². The van der Waals surface area contributed by atoms with Crippen molar-refractivity contribution in [2.75, 3.05) is 0 Å². The van der Waals surface area contributed by atoms with Crippen molar-refractivity contribution in [1.29, 1.82) is 0 Å². The lowest BCUT2D eigenvalue weighted by Gasteiger charge is -2.07. The van der Waals surface area contributed by atoms with Crippen LogP contribution in [0.2, 0.25) is 0 Å². The van der Waals surface area contributed by atoms with Crippen LogP contribution in [-0.2, 0) is 17.8 Å². The van der Waals surface area contributed by atoms with Crippen LogP contribution in [-0.4, -0.2) is 27.8 Å². The Labute approximate surface area is 116 Å². The summed E-state index contributed by atoms with van der Waals surface area (Å²) in [7, 11) is 0. The number of rotatable bonds is 4. The van der Waals surface area contributed by atoms with Crippen LogP contribution in [0.15, 0.2) is 18.3 Å². The van der Waals surface area contributed by atoms with Gasteiger partial charge in [-0.3, -0.25) is 9.48 Å². The second-order valence-corrected chi connectivity index (χ2v) is 5.39. The number of primary amides is 1. The molecule has 1 aromatic heterocycles. The molecule has 0 radical (unpaired) electrons. The average Bonchev–Trinajstić information content (AvgIpc) is 2.91. The second kappa shape index (κ2) is 4.79. The Morgan fingerprint density at radius 2 is 2.40 bits per heavy atom. The van der Waals surface area contributed by atoms with Crippen LogP contribution in [0.5, 0.6) is 5.75 Å². The monoisotopic (exact) mass is 274 g/mol. The van der Waals surface area contributed by atoms with Gasteiger partial charge in [-0.2, -0.15) is 5.10 Å². The first-order chi connectivity index (χ1) is 9.54. The molecular formula is C14H18N4O2. The molecule has 1 aliphatic rings. The highest BCUT2D eigenvalue weighted by Crippen LogP contribution is 2.35. The molecule has 0 fully saturated rings. The third kappa shape index (κ3) is 2.22. The highest BCUT2D eigenvalue weighted by Gasteiger charge is 2.27. The Bertz CT molecular complexity index is 662. The maximum Gasteiger partial charge on any atom is 0.221 e. The summed E-state index contributed by atoms with van der Waals surface area (Å²) in [6, 6.07) is 3.96. The molecule has 1 amide bonds. The number of fused-ring (bicyclic) bond motifs is 3. The van der Waals surface area contributed by atoms with Crippen molar-refractivity contribution < 1.29 is 9.53 Å². The summed E-state index contributed by atoms with van der Waals surface area (Å²) in [5.74, 6) is 0.482. The highest BCUT2D eigenvalue weighted by atomic mass is 16.5. The van der Waals surface area contributed by atoms with Crippen LogP contribution in [0.3, 0.4) is 0 Å². The van der Waals surface area contributed by atoms with Crippen LogP contribution < -0.4 is 16.2 Å². The number of nitrogens with two attached hydrogens (primary N) is 2. The number of carbonyl (C=O) groups excluding carboxylic acids is 1. The van der Waals surface area contributed by atoms with Gasteiger partial charge in [0.1, 0.15) is 11.9 Å². The third-order valence-corrected chi connectivity index (χ3v) is 3.51. The van der Waals surface area contributed by atoms with Crippen molar-refractivity contribution in [3.63, 3.8) is 0 Å². The van der Waals surface area contributed by atoms with Gasteiger partial charge in [-0.15, -0.1) is 0 Å². The predicted octanol–water partition coefficient (Wildman–Crippen LogP) is 0.562. The van der Waals surface area contributed by atoms with E-state index < -0.39 is 0 Å². The summed E-state index contributed by atoms with van der Waals surface area (Å²) in [6.07, 6.45) is 2.61. The number of benzene rings is 1. The SMILES string of the molecule is C[C@H](N)Cn1ncc2c3c(ccc21)O[C@H](CC(N)=O)C3. The van der Waals surface area contributed by atoms with E-state index >= 15 is 0 Å². The predicted molar refractivity (Wildman–Crippen MR) is 75.3 cm³/mol. The number of nitrogens with zero attached hydrogens (tertiary/aromatic N) is 2. The zero-order valence-electron chi connectivity index (χ0n) is 11.4. The molecule has 2 aromatic rings. The first kappa shape index (κ1) is 12.9. The maximum atomic E-state index is 11.0. The molecule has 2 atom stereocenters. The molecule has 3 rings (SSSR count). The topological polar surface area (TPSA) is 96.2 Å². The molecule has 1 aliphatic heterocycles. The molecule has 0 bridgehead atoms. The fourth-order valence-corrected chi connectivity index (χ4v) is 2.72. The molecule has 0 saturated heterocycles. The van der Waals surface area contributed by atoms with Gasteiger partial charge in [-0.25, -0.2) is 0 Å². The van der Waals surface area contributed by atoms with E-state index in [0.717, 1.165) is 22.2 Å². The smallest absolute Gasteiger partial charge is 0.221 e. The van der Waals surface area contributed by atoms with E-state index in [1.807, 2.05) is 29.9 Å². The van der Waals surface area contributed by atoms with Crippen molar-refractivity contribution in [2.24, 2.45) is 11.5 Å². The molecule has 0 aliphatic carbocycles. The van der Waals surface area contributed by atoms with Crippen LogP contribution in [0.25, 0.3) is 10.9 Å². The quantitative estimate of drug-likeness (QED) is 0.851. The van der Waals surface area contributed by atoms with Gasteiger partial charge in [0.15, 0.2) is 0 Å². The van der Waals surface area contributed by atoms with E-state index in [2.05, 4.69) is 5.10 Å². The van der Waals surface area contributed by atoms with E-state index in [4.69, 9.17) is 16.2 Å². The summed E-state index contributed by atoms with van der Waals surface area (Å²) in [4.78, 5) is 11.0. The number of aromatic nitrogens is 2. The molecule has 4 N–H and O–H groups in total. The largest absolute Gasteiger partial charge is 0.489 e. The van der Waals surface area contributed by atoms with E-state index in [-0.39, 0.29) is 24.5 Å². The third-order valence-electron chi connectivity index (χ3n) is 3.51. The van der Waals surface area contributed by atoms with Crippen LogP contribution in [0.1, 0.15) is 18.9 Å². The van der Waals surface area contributed by atoms with Crippen molar-refractivity contribution in [3.8, 4) is 5.75 Å². The van der Waals surface area contributed by atoms with Crippen LogP contribution in [0.4, 0.5) is 0 Å². The zero-order valence-corrected chi connectivity index (χ0v) is 11.4. The second-order valence-electron chi connectivity index (χ2n) is 5.39. The fourth-order valence-electron chi connectivity index (χ4n) is 2.72. The number of carbonyl (C=O) groups is 1. The Kier molecular flexibility index (Phi) is 3.10. The van der Waals surface area contributed by atoms with Crippen LogP contribution >= 0.6 is 0 Å². The Hall–Kier alpha value is -2.08. The van der Waals surface area contributed by atoms with Gasteiger partial charge in [-0.05, 0) is 19.1 Å². The number of amides is 1. The molecule has 6 heteroatoms. The molecule has 0 saturated carbocycles. The molecule has 0 spiro atoms. The van der Waals surface area contributed by atoms with Crippen molar-refractivity contribution >= 4 is 16.8 Å². The van der Waals surface area contributed by atoms with Gasteiger partial charge in [0.2, 0.25) is 5.91 Å². The number of ether oxygens (including phenoxy) is 1. The fraction of sp³-hybridized carbons (Fsp3) is 0.429. The molecule has 106 valence electrons. The van der Waals surface area contributed by atoms with Gasteiger partial charge in [0.25, 0.3) is 0 Å². The summed E-state index contributed by atoms with van der Waals surface area (Å²) in [6.45, 7) is 2.63. The van der Waals surface area contributed by atoms with Crippen molar-refractivity contribution in [1.82, 2.24) is 9.78 Å². The average molecular weight is 274 g/mol. The molecule has 20 heavy (non-hydrogen) atoms. The zero-order chi connectivity index (χ0) is 14.3. The minimum Gasteiger partial charge on any atom is -0.489 e. The number of hydrogen-bond donors (Lipinski definition) is 2. The first-order valence-corrected chi connectivity index (χ1v) is 6.72. The maximum absolute atomic E-state index is 11.0. The normalized spacial score (nSPS) is 18.8. The minimum atomic E-state index is -0.341. The summed E-state index contributed by atoms with van der Waals surface area (Å²) in [5, 5.41) is 5.45. The summed E-state index contributed by atoms with van der Waals surface area (Å²) < 4.78 is 7.66. The lowest BCUT2D eigenvalue weighted by Crippen LogP contribution is -2.23. The minimum absolute atomic E-state index is 0.0465. The van der Waals surface area contributed by atoms with E-state index in [0.29, 0.717) is 13.0 Å².